The number of ether oxygens (including phenoxy) is 1. The summed E-state index contributed by atoms with van der Waals surface area (Å²) in [5, 5.41) is 6.71. The zero-order chi connectivity index (χ0) is 21.7. The second-order valence-corrected chi connectivity index (χ2v) is 8.64. The molecule has 1 aromatic carbocycles. The van der Waals surface area contributed by atoms with Crippen molar-refractivity contribution in [3.05, 3.63) is 30.1 Å². The van der Waals surface area contributed by atoms with Gasteiger partial charge in [0.05, 0.1) is 28.1 Å². The van der Waals surface area contributed by atoms with Gasteiger partial charge in [0.25, 0.3) is 5.91 Å². The molecule has 0 saturated carbocycles. The number of likely N-dealkylation sites (tertiary alicyclic amines) is 1. The summed E-state index contributed by atoms with van der Waals surface area (Å²) in [5.74, 6) is 3.09. The number of hydrogen-bond acceptors (Lipinski definition) is 7. The largest absolute Gasteiger partial charge is 0.495 e. The topological polar surface area (TPSA) is 99.2 Å². The van der Waals surface area contributed by atoms with Gasteiger partial charge in [-0.2, -0.15) is 5.10 Å². The minimum absolute atomic E-state index is 0.0333. The highest BCUT2D eigenvalue weighted by atomic mass is 32.1. The molecule has 1 saturated heterocycles. The van der Waals surface area contributed by atoms with E-state index >= 15 is 0 Å². The summed E-state index contributed by atoms with van der Waals surface area (Å²) >= 11 is 1.60. The van der Waals surface area contributed by atoms with Crippen molar-refractivity contribution in [1.29, 1.82) is 0 Å². The number of methoxy groups -OCH3 is 1. The minimum atomic E-state index is -0.305. The van der Waals surface area contributed by atoms with Crippen LogP contribution in [-0.2, 0) is 4.79 Å². The molecule has 1 fully saturated rings. The summed E-state index contributed by atoms with van der Waals surface area (Å²) in [7, 11) is 1.67. The van der Waals surface area contributed by atoms with Gasteiger partial charge in [-0.3, -0.25) is 4.79 Å². The summed E-state index contributed by atoms with van der Waals surface area (Å²) in [6, 6.07) is 6.20. The lowest BCUT2D eigenvalue weighted by Gasteiger charge is -2.13. The SMILES string of the molecule is C#CC(=O)N1CCC(n2nc(-c3cc4cc(C)cc(OC)c4s3)c3c(N)ncnc32)C1. The smallest absolute Gasteiger partial charge is 0.298 e. The number of thiophene rings is 1. The number of carbonyl (C=O) groups is 1. The van der Waals surface area contributed by atoms with Crippen molar-refractivity contribution >= 4 is 44.2 Å². The van der Waals surface area contributed by atoms with E-state index in [4.69, 9.17) is 22.0 Å². The van der Waals surface area contributed by atoms with E-state index in [2.05, 4.69) is 28.0 Å². The van der Waals surface area contributed by atoms with Crippen LogP contribution in [0.1, 0.15) is 18.0 Å². The normalized spacial score (nSPS) is 16.2. The first kappa shape index (κ1) is 19.3. The maximum atomic E-state index is 11.9. The number of nitrogens with two attached hydrogens (primary N) is 1. The predicted molar refractivity (Wildman–Crippen MR) is 121 cm³/mol. The summed E-state index contributed by atoms with van der Waals surface area (Å²) in [5.41, 5.74) is 8.77. The maximum Gasteiger partial charge on any atom is 0.298 e. The number of benzene rings is 1. The van der Waals surface area contributed by atoms with Crippen LogP contribution in [0.4, 0.5) is 5.82 Å². The molecule has 5 rings (SSSR count). The van der Waals surface area contributed by atoms with E-state index in [-0.39, 0.29) is 11.9 Å². The van der Waals surface area contributed by atoms with Crippen molar-refractivity contribution in [2.75, 3.05) is 25.9 Å². The maximum absolute atomic E-state index is 11.9. The van der Waals surface area contributed by atoms with Gasteiger partial charge in [-0.05, 0) is 42.3 Å². The molecule has 2 N–H and O–H groups in total. The first-order chi connectivity index (χ1) is 15.0. The second kappa shape index (κ2) is 7.25. The van der Waals surface area contributed by atoms with Crippen LogP contribution in [0.15, 0.2) is 24.5 Å². The number of nitrogens with zero attached hydrogens (tertiary/aromatic N) is 5. The molecule has 1 aliphatic rings. The molecular formula is C22H20N6O2S. The number of aromatic nitrogens is 4. The second-order valence-electron chi connectivity index (χ2n) is 7.58. The number of amides is 1. The molecule has 1 amide bonds. The first-order valence-corrected chi connectivity index (χ1v) is 10.6. The van der Waals surface area contributed by atoms with Crippen molar-refractivity contribution in [3.63, 3.8) is 0 Å². The van der Waals surface area contributed by atoms with Gasteiger partial charge in [-0.15, -0.1) is 17.8 Å². The van der Waals surface area contributed by atoms with Crippen molar-refractivity contribution in [1.82, 2.24) is 24.6 Å². The van der Waals surface area contributed by atoms with E-state index in [1.54, 1.807) is 23.3 Å². The average Bonchev–Trinajstić information content (AvgIpc) is 3.48. The Morgan fingerprint density at radius 3 is 2.97 bits per heavy atom. The predicted octanol–water partition coefficient (Wildman–Crippen LogP) is 3.01. The Morgan fingerprint density at radius 1 is 1.35 bits per heavy atom. The molecule has 4 heterocycles. The lowest BCUT2D eigenvalue weighted by molar-refractivity contribution is -0.124. The third-order valence-electron chi connectivity index (χ3n) is 5.62. The highest BCUT2D eigenvalue weighted by Crippen LogP contribution is 2.42. The van der Waals surface area contributed by atoms with Crippen LogP contribution in [0, 0.1) is 19.3 Å². The number of hydrogen-bond donors (Lipinski definition) is 1. The fourth-order valence-electron chi connectivity index (χ4n) is 4.17. The number of nitrogen functional groups attached to an aromatic ring is 1. The van der Waals surface area contributed by atoms with E-state index in [9.17, 15) is 4.79 Å². The summed E-state index contributed by atoms with van der Waals surface area (Å²) in [4.78, 5) is 23.2. The van der Waals surface area contributed by atoms with Gasteiger partial charge < -0.3 is 15.4 Å². The molecule has 31 heavy (non-hydrogen) atoms. The zero-order valence-electron chi connectivity index (χ0n) is 17.1. The molecule has 156 valence electrons. The lowest BCUT2D eigenvalue weighted by Crippen LogP contribution is -2.27. The Morgan fingerprint density at radius 2 is 2.19 bits per heavy atom. The molecule has 0 radical (unpaired) electrons. The van der Waals surface area contributed by atoms with E-state index in [0.717, 1.165) is 38.4 Å². The van der Waals surface area contributed by atoms with Crippen LogP contribution in [-0.4, -0.2) is 50.8 Å². The van der Waals surface area contributed by atoms with Gasteiger partial charge in [0.15, 0.2) is 5.65 Å². The monoisotopic (exact) mass is 432 g/mol. The van der Waals surface area contributed by atoms with Crippen molar-refractivity contribution < 1.29 is 9.53 Å². The Balaban J connectivity index is 1.66. The number of fused-ring (bicyclic) bond motifs is 2. The average molecular weight is 433 g/mol. The molecule has 8 nitrogen and oxygen atoms in total. The molecule has 9 heteroatoms. The Labute approximate surface area is 182 Å². The van der Waals surface area contributed by atoms with Crippen molar-refractivity contribution in [2.24, 2.45) is 0 Å². The van der Waals surface area contributed by atoms with Crippen LogP contribution < -0.4 is 10.5 Å². The van der Waals surface area contributed by atoms with Gasteiger partial charge in [0.2, 0.25) is 0 Å². The van der Waals surface area contributed by atoms with Gasteiger partial charge >= 0.3 is 0 Å². The Bertz CT molecular complexity index is 1380. The number of rotatable bonds is 3. The molecule has 0 aliphatic carbocycles. The molecule has 4 aromatic rings. The van der Waals surface area contributed by atoms with Crippen LogP contribution in [0.5, 0.6) is 5.75 Å². The van der Waals surface area contributed by atoms with Crippen molar-refractivity contribution in [2.45, 2.75) is 19.4 Å². The van der Waals surface area contributed by atoms with Gasteiger partial charge in [-0.25, -0.2) is 14.6 Å². The summed E-state index contributed by atoms with van der Waals surface area (Å²) in [6.07, 6.45) is 7.47. The van der Waals surface area contributed by atoms with E-state index < -0.39 is 0 Å². The highest BCUT2D eigenvalue weighted by molar-refractivity contribution is 7.22. The zero-order valence-corrected chi connectivity index (χ0v) is 17.9. The third-order valence-corrected chi connectivity index (χ3v) is 6.79. The van der Waals surface area contributed by atoms with E-state index in [1.807, 2.05) is 17.7 Å². The van der Waals surface area contributed by atoms with Gasteiger partial charge in [-0.1, -0.05) is 6.07 Å². The van der Waals surface area contributed by atoms with Gasteiger partial charge in [0.1, 0.15) is 23.6 Å². The fourth-order valence-corrected chi connectivity index (χ4v) is 5.30. The van der Waals surface area contributed by atoms with Gasteiger partial charge in [0, 0.05) is 13.1 Å². The molecule has 1 atom stereocenters. The summed E-state index contributed by atoms with van der Waals surface area (Å²) in [6.45, 7) is 3.12. The number of anilines is 1. The van der Waals surface area contributed by atoms with Crippen LogP contribution in [0.3, 0.4) is 0 Å². The molecule has 1 unspecified atom stereocenters. The molecular weight excluding hydrogens is 412 g/mol. The fraction of sp³-hybridized carbons (Fsp3) is 0.273. The number of aryl methyl sites for hydroxylation is 1. The van der Waals surface area contributed by atoms with Crippen LogP contribution in [0.25, 0.3) is 31.7 Å². The molecule has 0 bridgehead atoms. The van der Waals surface area contributed by atoms with Crippen LogP contribution in [0.2, 0.25) is 0 Å². The number of terminal acetylenes is 1. The third kappa shape index (κ3) is 3.07. The van der Waals surface area contributed by atoms with E-state index in [0.29, 0.717) is 29.9 Å². The quantitative estimate of drug-likeness (QED) is 0.500. The first-order valence-electron chi connectivity index (χ1n) is 9.83. The molecule has 3 aromatic heterocycles. The lowest BCUT2D eigenvalue weighted by atomic mass is 10.1. The van der Waals surface area contributed by atoms with E-state index in [1.165, 1.54) is 6.33 Å². The highest BCUT2D eigenvalue weighted by Gasteiger charge is 2.30. The van der Waals surface area contributed by atoms with Crippen molar-refractivity contribution in [3.8, 4) is 28.7 Å². The molecule has 1 aliphatic heterocycles. The summed E-state index contributed by atoms with van der Waals surface area (Å²) < 4.78 is 8.49. The Hall–Kier alpha value is -3.64. The standard InChI is InChI=1S/C22H20N6O2S/c1-4-17(29)27-6-5-14(10-27)28-22-18(21(23)24-11-25-22)19(26-28)16-9-13-7-12(2)8-15(30-3)20(13)31-16/h1,7-9,11,14H,5-6,10H2,2-3H3,(H2,23,24,25). The number of carbonyl (C=O) groups excluding carboxylic acids is 1. The van der Waals surface area contributed by atoms with Crippen LogP contribution >= 0.6 is 11.3 Å². The molecule has 0 spiro atoms. The minimum Gasteiger partial charge on any atom is -0.495 e. The Kier molecular flexibility index (Phi) is 4.52.